The van der Waals surface area contributed by atoms with E-state index in [2.05, 4.69) is 4.90 Å². The first-order valence-electron chi connectivity index (χ1n) is 6.34. The first kappa shape index (κ1) is 13.7. The van der Waals surface area contributed by atoms with Gasteiger partial charge in [-0.05, 0) is 57.6 Å². The Kier molecular flexibility index (Phi) is 4.49. The lowest BCUT2D eigenvalue weighted by molar-refractivity contribution is -0.0415. The van der Waals surface area contributed by atoms with E-state index in [1.165, 1.54) is 0 Å². The van der Waals surface area contributed by atoms with Crippen LogP contribution in [0.5, 0.6) is 5.75 Å². The standard InChI is InChI=1S/C14H20ClNO2/c1-16(2)12-4-3-5-13(14(12)17)18-11-8-6-10(15)7-9-11/h6-9,12-14,17H,3-5H2,1-2H3/t12-,13+,14+/m0/s1. The molecule has 1 saturated carbocycles. The first-order valence-corrected chi connectivity index (χ1v) is 6.72. The van der Waals surface area contributed by atoms with Gasteiger partial charge in [-0.15, -0.1) is 0 Å². The minimum Gasteiger partial charge on any atom is -0.488 e. The van der Waals surface area contributed by atoms with Crippen LogP contribution < -0.4 is 4.74 Å². The number of aliphatic hydroxyl groups excluding tert-OH is 1. The summed E-state index contributed by atoms with van der Waals surface area (Å²) in [5.74, 6) is 0.767. The smallest absolute Gasteiger partial charge is 0.126 e. The predicted octanol–water partition coefficient (Wildman–Crippen LogP) is 2.56. The quantitative estimate of drug-likeness (QED) is 0.915. The Bertz CT molecular complexity index is 380. The molecule has 0 aromatic heterocycles. The summed E-state index contributed by atoms with van der Waals surface area (Å²) in [4.78, 5) is 2.07. The van der Waals surface area contributed by atoms with Crippen LogP contribution in [0.25, 0.3) is 0 Å². The molecule has 0 amide bonds. The van der Waals surface area contributed by atoms with E-state index in [0.29, 0.717) is 5.02 Å². The molecule has 1 aromatic carbocycles. The van der Waals surface area contributed by atoms with Crippen molar-refractivity contribution in [3.8, 4) is 5.75 Å². The van der Waals surface area contributed by atoms with Gasteiger partial charge in [-0.25, -0.2) is 0 Å². The minimum atomic E-state index is -0.440. The summed E-state index contributed by atoms with van der Waals surface area (Å²) >= 11 is 5.84. The van der Waals surface area contributed by atoms with Crippen LogP contribution in [0, 0.1) is 0 Å². The van der Waals surface area contributed by atoms with Gasteiger partial charge in [0.2, 0.25) is 0 Å². The van der Waals surface area contributed by atoms with E-state index >= 15 is 0 Å². The number of hydrogen-bond donors (Lipinski definition) is 1. The Balaban J connectivity index is 2.02. The monoisotopic (exact) mass is 269 g/mol. The number of benzene rings is 1. The lowest BCUT2D eigenvalue weighted by Gasteiger charge is -2.38. The second-order valence-corrected chi connectivity index (χ2v) is 5.50. The molecule has 0 saturated heterocycles. The van der Waals surface area contributed by atoms with E-state index in [-0.39, 0.29) is 12.1 Å². The van der Waals surface area contributed by atoms with Crippen LogP contribution in [-0.4, -0.2) is 42.4 Å². The van der Waals surface area contributed by atoms with Crippen LogP contribution in [0.1, 0.15) is 19.3 Å². The minimum absolute atomic E-state index is 0.132. The first-order chi connectivity index (χ1) is 8.58. The van der Waals surface area contributed by atoms with Crippen molar-refractivity contribution in [2.75, 3.05) is 14.1 Å². The maximum absolute atomic E-state index is 10.3. The maximum atomic E-state index is 10.3. The van der Waals surface area contributed by atoms with E-state index in [0.717, 1.165) is 25.0 Å². The van der Waals surface area contributed by atoms with Crippen LogP contribution >= 0.6 is 11.6 Å². The average molecular weight is 270 g/mol. The molecule has 0 bridgehead atoms. The van der Waals surface area contributed by atoms with Gasteiger partial charge in [0.15, 0.2) is 0 Å². The fourth-order valence-electron chi connectivity index (χ4n) is 2.50. The Hall–Kier alpha value is -0.770. The lowest BCUT2D eigenvalue weighted by atomic mass is 9.89. The van der Waals surface area contributed by atoms with Crippen molar-refractivity contribution in [3.05, 3.63) is 29.3 Å². The van der Waals surface area contributed by atoms with Crippen molar-refractivity contribution in [1.29, 1.82) is 0 Å². The van der Waals surface area contributed by atoms with Gasteiger partial charge in [-0.1, -0.05) is 11.6 Å². The molecular formula is C14H20ClNO2. The molecule has 0 spiro atoms. The third-order valence-corrected chi connectivity index (χ3v) is 3.78. The van der Waals surface area contributed by atoms with Gasteiger partial charge in [-0.2, -0.15) is 0 Å². The van der Waals surface area contributed by atoms with Crippen LogP contribution in [-0.2, 0) is 0 Å². The fraction of sp³-hybridized carbons (Fsp3) is 0.571. The number of ether oxygens (including phenoxy) is 1. The molecule has 3 nitrogen and oxygen atoms in total. The Morgan fingerprint density at radius 2 is 1.89 bits per heavy atom. The summed E-state index contributed by atoms with van der Waals surface area (Å²) in [5, 5.41) is 11.0. The van der Waals surface area contributed by atoms with Crippen molar-refractivity contribution < 1.29 is 9.84 Å². The van der Waals surface area contributed by atoms with Crippen molar-refractivity contribution >= 4 is 11.6 Å². The highest BCUT2D eigenvalue weighted by atomic mass is 35.5. The van der Waals surface area contributed by atoms with Gasteiger partial charge in [0.05, 0.1) is 0 Å². The zero-order valence-corrected chi connectivity index (χ0v) is 11.6. The number of rotatable bonds is 3. The normalized spacial score (nSPS) is 28.4. The molecule has 100 valence electrons. The van der Waals surface area contributed by atoms with Crippen LogP contribution in [0.2, 0.25) is 5.02 Å². The third kappa shape index (κ3) is 3.16. The molecule has 0 heterocycles. The second kappa shape index (κ2) is 5.91. The van der Waals surface area contributed by atoms with Gasteiger partial charge in [0, 0.05) is 11.1 Å². The topological polar surface area (TPSA) is 32.7 Å². The summed E-state index contributed by atoms with van der Waals surface area (Å²) < 4.78 is 5.87. The van der Waals surface area contributed by atoms with Crippen molar-refractivity contribution in [2.45, 2.75) is 37.5 Å². The number of likely N-dealkylation sites (N-methyl/N-ethyl adjacent to an activating group) is 1. The van der Waals surface area contributed by atoms with Gasteiger partial charge in [-0.3, -0.25) is 0 Å². The Morgan fingerprint density at radius 1 is 1.22 bits per heavy atom. The maximum Gasteiger partial charge on any atom is 0.126 e. The summed E-state index contributed by atoms with van der Waals surface area (Å²) in [7, 11) is 4.00. The molecule has 1 aliphatic rings. The average Bonchev–Trinajstić information content (AvgIpc) is 2.34. The Labute approximate surface area is 113 Å². The Morgan fingerprint density at radius 3 is 2.50 bits per heavy atom. The van der Waals surface area contributed by atoms with Gasteiger partial charge < -0.3 is 14.7 Å². The van der Waals surface area contributed by atoms with Crippen LogP contribution in [0.15, 0.2) is 24.3 Å². The largest absolute Gasteiger partial charge is 0.488 e. The number of halogens is 1. The highest BCUT2D eigenvalue weighted by Crippen LogP contribution is 2.27. The predicted molar refractivity (Wildman–Crippen MR) is 73.2 cm³/mol. The highest BCUT2D eigenvalue weighted by molar-refractivity contribution is 6.30. The molecule has 1 aliphatic carbocycles. The third-order valence-electron chi connectivity index (χ3n) is 3.53. The molecule has 0 aliphatic heterocycles. The molecule has 2 rings (SSSR count). The second-order valence-electron chi connectivity index (χ2n) is 5.06. The summed E-state index contributed by atoms with van der Waals surface area (Å²) in [6.07, 6.45) is 2.43. The molecule has 0 unspecified atom stereocenters. The van der Waals surface area contributed by atoms with Gasteiger partial charge in [0.25, 0.3) is 0 Å². The molecule has 1 N–H and O–H groups in total. The van der Waals surface area contributed by atoms with Crippen molar-refractivity contribution in [1.82, 2.24) is 4.90 Å². The molecule has 1 fully saturated rings. The molecule has 4 heteroatoms. The van der Waals surface area contributed by atoms with E-state index in [1.807, 2.05) is 26.2 Å². The molecule has 18 heavy (non-hydrogen) atoms. The summed E-state index contributed by atoms with van der Waals surface area (Å²) in [6, 6.07) is 7.46. The number of nitrogens with zero attached hydrogens (tertiary/aromatic N) is 1. The van der Waals surface area contributed by atoms with Gasteiger partial charge in [0.1, 0.15) is 18.0 Å². The van der Waals surface area contributed by atoms with E-state index < -0.39 is 6.10 Å². The zero-order valence-electron chi connectivity index (χ0n) is 10.8. The fourth-order valence-corrected chi connectivity index (χ4v) is 2.62. The van der Waals surface area contributed by atoms with E-state index in [4.69, 9.17) is 16.3 Å². The zero-order chi connectivity index (χ0) is 13.1. The van der Waals surface area contributed by atoms with E-state index in [9.17, 15) is 5.11 Å². The summed E-state index contributed by atoms with van der Waals surface area (Å²) in [5.41, 5.74) is 0. The van der Waals surface area contributed by atoms with Crippen LogP contribution in [0.4, 0.5) is 0 Å². The van der Waals surface area contributed by atoms with Crippen molar-refractivity contribution in [3.63, 3.8) is 0 Å². The van der Waals surface area contributed by atoms with Crippen LogP contribution in [0.3, 0.4) is 0 Å². The number of hydrogen-bond acceptors (Lipinski definition) is 3. The van der Waals surface area contributed by atoms with Gasteiger partial charge >= 0.3 is 0 Å². The number of aliphatic hydroxyl groups is 1. The highest BCUT2D eigenvalue weighted by Gasteiger charge is 2.34. The summed E-state index contributed by atoms with van der Waals surface area (Å²) in [6.45, 7) is 0. The molecular weight excluding hydrogens is 250 g/mol. The molecule has 3 atom stereocenters. The van der Waals surface area contributed by atoms with Crippen molar-refractivity contribution in [2.24, 2.45) is 0 Å². The molecule has 0 radical (unpaired) electrons. The van der Waals surface area contributed by atoms with E-state index in [1.54, 1.807) is 12.1 Å². The molecule has 1 aromatic rings. The lowest BCUT2D eigenvalue weighted by Crippen LogP contribution is -2.50. The SMILES string of the molecule is CN(C)[C@H]1CCC[C@@H](Oc2ccc(Cl)cc2)[C@@H]1O.